The molecule has 0 bridgehead atoms. The zero-order valence-electron chi connectivity index (χ0n) is 9.80. The summed E-state index contributed by atoms with van der Waals surface area (Å²) in [5, 5.41) is 10.1. The second-order valence-electron chi connectivity index (χ2n) is 4.07. The fourth-order valence-corrected chi connectivity index (χ4v) is 2.87. The van der Waals surface area contributed by atoms with Gasteiger partial charge in [0.1, 0.15) is 6.10 Å². The summed E-state index contributed by atoms with van der Waals surface area (Å²) in [6, 6.07) is 3.72. The van der Waals surface area contributed by atoms with Crippen LogP contribution in [-0.2, 0) is 0 Å². The number of aliphatic hydroxyl groups is 1. The minimum atomic E-state index is -1.56. The van der Waals surface area contributed by atoms with E-state index in [1.807, 2.05) is 13.0 Å². The van der Waals surface area contributed by atoms with E-state index < -0.39 is 23.6 Å². The molecule has 1 atom stereocenters. The molecule has 0 saturated heterocycles. The van der Waals surface area contributed by atoms with Crippen LogP contribution in [0.4, 0.5) is 13.2 Å². The van der Waals surface area contributed by atoms with E-state index in [1.165, 1.54) is 11.3 Å². The van der Waals surface area contributed by atoms with E-state index in [1.54, 1.807) is 6.92 Å². The van der Waals surface area contributed by atoms with Gasteiger partial charge < -0.3 is 5.11 Å². The first-order chi connectivity index (χ1) is 8.41. The molecule has 0 aliphatic rings. The van der Waals surface area contributed by atoms with Crippen LogP contribution < -0.4 is 0 Å². The van der Waals surface area contributed by atoms with E-state index in [0.717, 1.165) is 22.6 Å². The van der Waals surface area contributed by atoms with Gasteiger partial charge >= 0.3 is 0 Å². The lowest BCUT2D eigenvalue weighted by molar-refractivity contribution is 0.215. The lowest BCUT2D eigenvalue weighted by atomic mass is 10.0. The molecule has 1 N–H and O–H groups in total. The summed E-state index contributed by atoms with van der Waals surface area (Å²) in [6.45, 7) is 3.63. The molecule has 2 rings (SSSR count). The molecular formula is C13H11F3OS. The lowest BCUT2D eigenvalue weighted by Crippen LogP contribution is -2.05. The molecule has 18 heavy (non-hydrogen) atoms. The SMILES string of the molecule is Cc1cc(C)c(C(O)c2ccc(F)c(F)c2F)s1. The Hall–Kier alpha value is -1.33. The molecule has 1 nitrogen and oxygen atoms in total. The van der Waals surface area contributed by atoms with Crippen molar-refractivity contribution in [1.82, 2.24) is 0 Å². The third-order valence-electron chi connectivity index (χ3n) is 2.69. The first-order valence-electron chi connectivity index (χ1n) is 5.30. The highest BCUT2D eigenvalue weighted by Crippen LogP contribution is 2.33. The van der Waals surface area contributed by atoms with Crippen LogP contribution in [0.25, 0.3) is 0 Å². The van der Waals surface area contributed by atoms with E-state index in [9.17, 15) is 18.3 Å². The van der Waals surface area contributed by atoms with Crippen molar-refractivity contribution in [3.05, 3.63) is 56.5 Å². The molecule has 96 valence electrons. The summed E-state index contributed by atoms with van der Waals surface area (Å²) >= 11 is 1.30. The number of aliphatic hydroxyl groups excluding tert-OH is 1. The van der Waals surface area contributed by atoms with Gasteiger partial charge in [0.05, 0.1) is 0 Å². The Morgan fingerprint density at radius 3 is 2.33 bits per heavy atom. The Morgan fingerprint density at radius 1 is 1.11 bits per heavy atom. The first kappa shape index (κ1) is 13.1. The van der Waals surface area contributed by atoms with E-state index in [2.05, 4.69) is 0 Å². The normalized spacial score (nSPS) is 12.8. The molecule has 0 amide bonds. The number of halogens is 3. The van der Waals surface area contributed by atoms with Gasteiger partial charge in [0.25, 0.3) is 0 Å². The predicted octanol–water partition coefficient (Wildman–Crippen LogP) is 3.86. The maximum Gasteiger partial charge on any atom is 0.194 e. The Bertz CT molecular complexity index is 592. The van der Waals surface area contributed by atoms with E-state index in [4.69, 9.17) is 0 Å². The molecule has 1 aromatic carbocycles. The maximum absolute atomic E-state index is 13.6. The highest BCUT2D eigenvalue weighted by atomic mass is 32.1. The highest BCUT2D eigenvalue weighted by Gasteiger charge is 2.22. The van der Waals surface area contributed by atoms with Crippen LogP contribution >= 0.6 is 11.3 Å². The topological polar surface area (TPSA) is 20.2 Å². The Morgan fingerprint density at radius 2 is 1.78 bits per heavy atom. The Kier molecular flexibility index (Phi) is 3.45. The van der Waals surface area contributed by atoms with Gasteiger partial charge in [-0.2, -0.15) is 0 Å². The molecule has 5 heteroatoms. The number of rotatable bonds is 2. The summed E-state index contributed by atoms with van der Waals surface area (Å²) < 4.78 is 39.5. The van der Waals surface area contributed by atoms with Gasteiger partial charge in [-0.05, 0) is 37.6 Å². The predicted molar refractivity (Wildman–Crippen MR) is 64.2 cm³/mol. The van der Waals surface area contributed by atoms with E-state index in [-0.39, 0.29) is 5.56 Å². The number of hydrogen-bond acceptors (Lipinski definition) is 2. The molecule has 0 radical (unpaired) electrons. The van der Waals surface area contributed by atoms with Crippen LogP contribution in [0.1, 0.15) is 27.0 Å². The molecule has 0 aliphatic heterocycles. The molecule has 0 fully saturated rings. The summed E-state index contributed by atoms with van der Waals surface area (Å²) in [5.74, 6) is -4.16. The largest absolute Gasteiger partial charge is 0.383 e. The quantitative estimate of drug-likeness (QED) is 0.823. The van der Waals surface area contributed by atoms with Crippen LogP contribution in [0.3, 0.4) is 0 Å². The van der Waals surface area contributed by atoms with Crippen molar-refractivity contribution in [2.24, 2.45) is 0 Å². The van der Waals surface area contributed by atoms with Crippen molar-refractivity contribution in [3.8, 4) is 0 Å². The summed E-state index contributed by atoms with van der Waals surface area (Å²) in [6.07, 6.45) is -1.28. The van der Waals surface area contributed by atoms with Gasteiger partial charge in [-0.3, -0.25) is 0 Å². The third-order valence-corrected chi connectivity index (χ3v) is 3.89. The van der Waals surface area contributed by atoms with Crippen molar-refractivity contribution in [2.45, 2.75) is 20.0 Å². The zero-order valence-corrected chi connectivity index (χ0v) is 10.6. The summed E-state index contributed by atoms with van der Waals surface area (Å²) in [7, 11) is 0. The average Bonchev–Trinajstić information content (AvgIpc) is 2.65. The van der Waals surface area contributed by atoms with Crippen molar-refractivity contribution in [1.29, 1.82) is 0 Å². The van der Waals surface area contributed by atoms with Gasteiger partial charge in [0.2, 0.25) is 0 Å². The number of hydrogen-bond donors (Lipinski definition) is 1. The smallest absolute Gasteiger partial charge is 0.194 e. The molecule has 0 saturated carbocycles. The molecule has 2 aromatic rings. The number of thiophene rings is 1. The van der Waals surface area contributed by atoms with E-state index >= 15 is 0 Å². The van der Waals surface area contributed by atoms with E-state index in [0.29, 0.717) is 4.88 Å². The van der Waals surface area contributed by atoms with Crippen molar-refractivity contribution >= 4 is 11.3 Å². The fraction of sp³-hybridized carbons (Fsp3) is 0.231. The third kappa shape index (κ3) is 2.15. The monoisotopic (exact) mass is 272 g/mol. The van der Waals surface area contributed by atoms with Crippen molar-refractivity contribution in [2.75, 3.05) is 0 Å². The van der Waals surface area contributed by atoms with Crippen LogP contribution in [-0.4, -0.2) is 5.11 Å². The average molecular weight is 272 g/mol. The lowest BCUT2D eigenvalue weighted by Gasteiger charge is -2.12. The Balaban J connectivity index is 2.49. The highest BCUT2D eigenvalue weighted by molar-refractivity contribution is 7.12. The Labute approximate surface area is 107 Å². The fourth-order valence-electron chi connectivity index (χ4n) is 1.82. The molecule has 1 heterocycles. The number of aryl methyl sites for hydroxylation is 2. The second-order valence-corrected chi connectivity index (χ2v) is 5.36. The van der Waals surface area contributed by atoms with Crippen molar-refractivity contribution < 1.29 is 18.3 Å². The van der Waals surface area contributed by atoms with Gasteiger partial charge in [-0.1, -0.05) is 0 Å². The maximum atomic E-state index is 13.6. The van der Waals surface area contributed by atoms with Crippen LogP contribution in [0.5, 0.6) is 0 Å². The first-order valence-corrected chi connectivity index (χ1v) is 6.12. The minimum absolute atomic E-state index is 0.251. The van der Waals surface area contributed by atoms with Crippen LogP contribution in [0.15, 0.2) is 18.2 Å². The minimum Gasteiger partial charge on any atom is -0.383 e. The molecule has 0 aliphatic carbocycles. The molecule has 0 spiro atoms. The van der Waals surface area contributed by atoms with Crippen LogP contribution in [0.2, 0.25) is 0 Å². The zero-order chi connectivity index (χ0) is 13.4. The summed E-state index contributed by atoms with van der Waals surface area (Å²) in [5.41, 5.74) is 0.549. The van der Waals surface area contributed by atoms with Gasteiger partial charge in [0, 0.05) is 15.3 Å². The molecular weight excluding hydrogens is 261 g/mol. The standard InChI is InChI=1S/C13H11F3OS/c1-6-5-7(2)18-13(6)12(17)8-3-4-9(14)11(16)10(8)15/h3-5,12,17H,1-2H3. The van der Waals surface area contributed by atoms with Gasteiger partial charge in [0.15, 0.2) is 17.5 Å². The number of benzene rings is 1. The second kappa shape index (κ2) is 4.74. The summed E-state index contributed by atoms with van der Waals surface area (Å²) in [4.78, 5) is 1.50. The van der Waals surface area contributed by atoms with Crippen molar-refractivity contribution in [3.63, 3.8) is 0 Å². The van der Waals surface area contributed by atoms with Gasteiger partial charge in [-0.15, -0.1) is 11.3 Å². The molecule has 1 aromatic heterocycles. The van der Waals surface area contributed by atoms with Crippen LogP contribution in [0, 0.1) is 31.3 Å². The van der Waals surface area contributed by atoms with Gasteiger partial charge in [-0.25, -0.2) is 13.2 Å². The molecule has 1 unspecified atom stereocenters.